The highest BCUT2D eigenvalue weighted by Gasteiger charge is 2.10. The number of sulfonamides is 1. The maximum Gasteiger partial charge on any atom is 0.229 e. The molecule has 0 saturated carbocycles. The molecule has 0 fully saturated rings. The fraction of sp³-hybridized carbons (Fsp3) is 0.250. The Kier molecular flexibility index (Phi) is 6.73. The van der Waals surface area contributed by atoms with E-state index in [1.54, 1.807) is 31.4 Å². The predicted molar refractivity (Wildman–Crippen MR) is 131 cm³/mol. The number of rotatable bonds is 10. The normalized spacial score (nSPS) is 12.7. The highest BCUT2D eigenvalue weighted by atomic mass is 32.2. The Hall–Kier alpha value is -3.27. The van der Waals surface area contributed by atoms with E-state index < -0.39 is 16.1 Å². The number of anilines is 1. The van der Waals surface area contributed by atoms with Gasteiger partial charge in [0.05, 0.1) is 30.5 Å². The number of aromatic amines is 1. The van der Waals surface area contributed by atoms with Gasteiger partial charge in [0.25, 0.3) is 0 Å². The van der Waals surface area contributed by atoms with Crippen molar-refractivity contribution < 1.29 is 23.0 Å². The van der Waals surface area contributed by atoms with Crippen LogP contribution in [0.2, 0.25) is 0 Å². The van der Waals surface area contributed by atoms with Gasteiger partial charge in [-0.05, 0) is 42.0 Å². The third-order valence-corrected chi connectivity index (χ3v) is 5.84. The van der Waals surface area contributed by atoms with Crippen LogP contribution < -0.4 is 19.5 Å². The van der Waals surface area contributed by atoms with Crippen molar-refractivity contribution in [1.29, 1.82) is 0 Å². The van der Waals surface area contributed by atoms with E-state index in [-0.39, 0.29) is 0 Å². The third kappa shape index (κ3) is 5.75. The second-order valence-corrected chi connectivity index (χ2v) is 9.56. The molecule has 0 spiro atoms. The molecule has 1 atom stereocenters. The molecule has 9 heteroatoms. The minimum absolute atomic E-state index is 0.314. The summed E-state index contributed by atoms with van der Waals surface area (Å²) in [7, 11) is -1.72. The van der Waals surface area contributed by atoms with E-state index in [0.29, 0.717) is 30.9 Å². The van der Waals surface area contributed by atoms with Crippen LogP contribution in [0.5, 0.6) is 11.5 Å². The van der Waals surface area contributed by atoms with Crippen LogP contribution in [-0.2, 0) is 10.0 Å². The van der Waals surface area contributed by atoms with Gasteiger partial charge >= 0.3 is 0 Å². The summed E-state index contributed by atoms with van der Waals surface area (Å²) in [4.78, 5) is 3.39. The maximum absolute atomic E-state index is 11.4. The summed E-state index contributed by atoms with van der Waals surface area (Å²) in [5, 5.41) is 15.8. The fourth-order valence-corrected chi connectivity index (χ4v) is 4.26. The Balaban J connectivity index is 1.29. The number of hydrogen-bond donors (Lipinski definition) is 4. The molecule has 1 heterocycles. The fourth-order valence-electron chi connectivity index (χ4n) is 3.71. The molecule has 4 aromatic rings. The molecule has 1 aromatic heterocycles. The Morgan fingerprint density at radius 3 is 2.39 bits per heavy atom. The number of hydrogen-bond acceptors (Lipinski definition) is 6. The number of aromatic nitrogens is 1. The Bertz CT molecular complexity index is 1370. The summed E-state index contributed by atoms with van der Waals surface area (Å²) < 4.78 is 36.3. The Morgan fingerprint density at radius 2 is 1.70 bits per heavy atom. The summed E-state index contributed by atoms with van der Waals surface area (Å²) in [6.07, 6.45) is 0.316. The zero-order valence-electron chi connectivity index (χ0n) is 18.5. The largest absolute Gasteiger partial charge is 0.497 e. The van der Waals surface area contributed by atoms with Gasteiger partial charge in [0.1, 0.15) is 18.1 Å². The van der Waals surface area contributed by atoms with E-state index >= 15 is 0 Å². The van der Waals surface area contributed by atoms with Crippen LogP contribution in [0.1, 0.15) is 11.7 Å². The molecule has 33 heavy (non-hydrogen) atoms. The van der Waals surface area contributed by atoms with Crippen LogP contribution in [0.15, 0.2) is 60.7 Å². The lowest BCUT2D eigenvalue weighted by atomic mass is 10.1. The highest BCUT2D eigenvalue weighted by Crippen LogP contribution is 2.30. The monoisotopic (exact) mass is 469 g/mol. The summed E-state index contributed by atoms with van der Waals surface area (Å²) in [6.45, 7) is 1.29. The Labute approximate surface area is 192 Å². The van der Waals surface area contributed by atoms with Crippen LogP contribution in [0, 0.1) is 0 Å². The van der Waals surface area contributed by atoms with Crippen LogP contribution in [0.3, 0.4) is 0 Å². The summed E-state index contributed by atoms with van der Waals surface area (Å²) in [5.74, 6) is 1.56. The van der Waals surface area contributed by atoms with Gasteiger partial charge in [-0.1, -0.05) is 12.1 Å². The van der Waals surface area contributed by atoms with Crippen molar-refractivity contribution in [2.75, 3.05) is 37.8 Å². The molecular formula is C24H27N3O5S. The van der Waals surface area contributed by atoms with E-state index in [4.69, 9.17) is 9.47 Å². The number of nitrogens with one attached hydrogen (secondary N) is 3. The molecule has 4 N–H and O–H groups in total. The van der Waals surface area contributed by atoms with Crippen molar-refractivity contribution in [1.82, 2.24) is 10.3 Å². The average Bonchev–Trinajstić information content (AvgIpc) is 3.14. The molecule has 4 rings (SSSR count). The highest BCUT2D eigenvalue weighted by molar-refractivity contribution is 7.92. The first-order chi connectivity index (χ1) is 15.8. The van der Waals surface area contributed by atoms with Gasteiger partial charge < -0.3 is 24.9 Å². The van der Waals surface area contributed by atoms with E-state index in [9.17, 15) is 13.5 Å². The van der Waals surface area contributed by atoms with Crippen LogP contribution in [0.25, 0.3) is 21.8 Å². The topological polar surface area (TPSA) is 113 Å². The molecule has 0 bridgehead atoms. The molecule has 0 radical (unpaired) electrons. The number of methoxy groups -OCH3 is 1. The molecule has 0 amide bonds. The zero-order valence-corrected chi connectivity index (χ0v) is 19.3. The molecular weight excluding hydrogens is 442 g/mol. The second-order valence-electron chi connectivity index (χ2n) is 7.81. The first kappa shape index (κ1) is 22.9. The maximum atomic E-state index is 11.4. The van der Waals surface area contributed by atoms with Crippen LogP contribution >= 0.6 is 0 Å². The number of fused-ring (bicyclic) bond motifs is 3. The third-order valence-electron chi connectivity index (χ3n) is 5.24. The molecule has 0 aliphatic rings. The van der Waals surface area contributed by atoms with Gasteiger partial charge in [0, 0.05) is 41.7 Å². The first-order valence-corrected chi connectivity index (χ1v) is 12.4. The minimum atomic E-state index is -3.37. The van der Waals surface area contributed by atoms with Crippen LogP contribution in [0.4, 0.5) is 5.69 Å². The minimum Gasteiger partial charge on any atom is -0.497 e. The van der Waals surface area contributed by atoms with Gasteiger partial charge in [-0.3, -0.25) is 4.72 Å². The lowest BCUT2D eigenvalue weighted by Crippen LogP contribution is -2.26. The van der Waals surface area contributed by atoms with Crippen LogP contribution in [-0.4, -0.2) is 51.6 Å². The number of aliphatic hydroxyl groups excluding tert-OH is 1. The number of aliphatic hydroxyl groups is 1. The average molecular weight is 470 g/mol. The molecule has 0 aliphatic heterocycles. The van der Waals surface area contributed by atoms with Crippen molar-refractivity contribution in [3.63, 3.8) is 0 Å². The molecule has 0 saturated heterocycles. The smallest absolute Gasteiger partial charge is 0.229 e. The molecule has 1 unspecified atom stereocenters. The molecule has 0 aliphatic carbocycles. The summed E-state index contributed by atoms with van der Waals surface area (Å²) in [6, 6.07) is 18.6. The molecule has 3 aromatic carbocycles. The van der Waals surface area contributed by atoms with E-state index in [1.807, 2.05) is 36.4 Å². The van der Waals surface area contributed by atoms with E-state index in [0.717, 1.165) is 39.6 Å². The van der Waals surface area contributed by atoms with Gasteiger partial charge in [-0.25, -0.2) is 8.42 Å². The van der Waals surface area contributed by atoms with Gasteiger partial charge in [-0.2, -0.15) is 0 Å². The van der Waals surface area contributed by atoms with Gasteiger partial charge in [-0.15, -0.1) is 0 Å². The standard InChI is InChI=1S/C24H27N3O5S/c1-31-18-6-8-20-21-9-7-19(14-23(21)26-22(20)13-18)32-11-10-25-15-24(28)16-4-3-5-17(12-16)27-33(2,29)30/h3-9,12-14,24-28H,10-11,15H2,1-2H3. The van der Waals surface area contributed by atoms with Crippen molar-refractivity contribution in [3.05, 3.63) is 66.2 Å². The van der Waals surface area contributed by atoms with Crippen molar-refractivity contribution in [2.45, 2.75) is 6.10 Å². The van der Waals surface area contributed by atoms with Crippen molar-refractivity contribution >= 4 is 37.5 Å². The summed E-state index contributed by atoms with van der Waals surface area (Å²) >= 11 is 0. The zero-order chi connectivity index (χ0) is 23.4. The number of ether oxygens (including phenoxy) is 2. The SMILES string of the molecule is COc1ccc2c(c1)[nH]c1cc(OCCNCC(O)c3cccc(NS(C)(=O)=O)c3)ccc12. The van der Waals surface area contributed by atoms with Gasteiger partial charge in [0.2, 0.25) is 10.0 Å². The number of H-pyrrole nitrogens is 1. The van der Waals surface area contributed by atoms with E-state index in [2.05, 4.69) is 15.0 Å². The first-order valence-electron chi connectivity index (χ1n) is 10.5. The lowest BCUT2D eigenvalue weighted by molar-refractivity contribution is 0.172. The lowest BCUT2D eigenvalue weighted by Gasteiger charge is -2.14. The van der Waals surface area contributed by atoms with E-state index in [1.165, 1.54) is 0 Å². The number of benzene rings is 3. The summed E-state index contributed by atoms with van der Waals surface area (Å²) in [5.41, 5.74) is 3.04. The quantitative estimate of drug-likeness (QED) is 0.265. The van der Waals surface area contributed by atoms with Crippen molar-refractivity contribution in [3.8, 4) is 11.5 Å². The van der Waals surface area contributed by atoms with Crippen molar-refractivity contribution in [2.24, 2.45) is 0 Å². The van der Waals surface area contributed by atoms with Gasteiger partial charge in [0.15, 0.2) is 0 Å². The Morgan fingerprint density at radius 1 is 1.00 bits per heavy atom. The predicted octanol–water partition coefficient (Wildman–Crippen LogP) is 3.40. The second kappa shape index (κ2) is 9.70. The molecule has 8 nitrogen and oxygen atoms in total. The molecule has 174 valence electrons.